The molecule has 0 atom stereocenters. The summed E-state index contributed by atoms with van der Waals surface area (Å²) in [4.78, 5) is 16.6. The summed E-state index contributed by atoms with van der Waals surface area (Å²) in [6.07, 6.45) is 1.82. The number of carbonyl (C=O) groups excluding carboxylic acids is 1. The van der Waals surface area contributed by atoms with E-state index in [4.69, 9.17) is 0 Å². The van der Waals surface area contributed by atoms with Gasteiger partial charge in [0, 0.05) is 23.5 Å². The van der Waals surface area contributed by atoms with Crippen molar-refractivity contribution >= 4 is 16.8 Å². The van der Waals surface area contributed by atoms with Crippen LogP contribution in [-0.2, 0) is 11.3 Å². The summed E-state index contributed by atoms with van der Waals surface area (Å²) in [5.41, 5.74) is 1.64. The first-order chi connectivity index (χ1) is 9.41. The Morgan fingerprint density at radius 2 is 2.00 bits per heavy atom. The van der Waals surface area contributed by atoms with E-state index in [2.05, 4.69) is 30.2 Å². The van der Waals surface area contributed by atoms with Gasteiger partial charge in [0.25, 0.3) is 0 Å². The lowest BCUT2D eigenvalue weighted by molar-refractivity contribution is -0.131. The second kappa shape index (κ2) is 5.61. The van der Waals surface area contributed by atoms with Crippen molar-refractivity contribution in [3.63, 3.8) is 0 Å². The number of amides is 1. The van der Waals surface area contributed by atoms with Crippen LogP contribution in [0.2, 0.25) is 0 Å². The van der Waals surface area contributed by atoms with E-state index in [1.807, 2.05) is 44.3 Å². The number of nitrogens with one attached hydrogen (secondary N) is 1. The van der Waals surface area contributed by atoms with Crippen molar-refractivity contribution in [1.29, 1.82) is 0 Å². The van der Waals surface area contributed by atoms with Crippen LogP contribution in [0.25, 0.3) is 10.9 Å². The molecule has 0 saturated heterocycles. The van der Waals surface area contributed by atoms with Gasteiger partial charge in [-0.3, -0.25) is 9.78 Å². The second-order valence-electron chi connectivity index (χ2n) is 6.10. The lowest BCUT2D eigenvalue weighted by Crippen LogP contribution is -2.39. The highest BCUT2D eigenvalue weighted by Gasteiger charge is 2.30. The molecule has 2 rings (SSSR count). The highest BCUT2D eigenvalue weighted by atomic mass is 16.2. The third-order valence-electron chi connectivity index (χ3n) is 4.13. The van der Waals surface area contributed by atoms with Gasteiger partial charge in [-0.25, -0.2) is 0 Å². The van der Waals surface area contributed by atoms with Crippen molar-refractivity contribution in [1.82, 2.24) is 10.3 Å². The first-order valence-electron chi connectivity index (χ1n) is 7.03. The fourth-order valence-corrected chi connectivity index (χ4v) is 1.89. The predicted octanol–water partition coefficient (Wildman–Crippen LogP) is 3.53. The standard InChI is InChI=1S/C17H22N2O/c1-12(2)17(3,4)16(20)19-11-13-9-14-7-5-6-8-15(14)18-10-13/h5-10,12H,11H2,1-4H3,(H,19,20). The van der Waals surface area contributed by atoms with Crippen LogP contribution >= 0.6 is 0 Å². The molecule has 3 heteroatoms. The Bertz CT molecular complexity index is 617. The van der Waals surface area contributed by atoms with E-state index in [1.165, 1.54) is 0 Å². The highest BCUT2D eigenvalue weighted by molar-refractivity contribution is 5.82. The molecule has 0 spiro atoms. The van der Waals surface area contributed by atoms with Crippen LogP contribution in [-0.4, -0.2) is 10.9 Å². The lowest BCUT2D eigenvalue weighted by atomic mass is 9.80. The topological polar surface area (TPSA) is 42.0 Å². The average Bonchev–Trinajstić information content (AvgIpc) is 2.44. The van der Waals surface area contributed by atoms with Crippen molar-refractivity contribution in [2.24, 2.45) is 11.3 Å². The molecule has 1 amide bonds. The van der Waals surface area contributed by atoms with Crippen molar-refractivity contribution in [3.8, 4) is 0 Å². The van der Waals surface area contributed by atoms with E-state index in [0.29, 0.717) is 12.5 Å². The number of rotatable bonds is 4. The van der Waals surface area contributed by atoms with E-state index >= 15 is 0 Å². The Labute approximate surface area is 120 Å². The van der Waals surface area contributed by atoms with Crippen LogP contribution in [0.4, 0.5) is 0 Å². The zero-order valence-corrected chi connectivity index (χ0v) is 12.6. The minimum atomic E-state index is -0.357. The van der Waals surface area contributed by atoms with Gasteiger partial charge in [-0.05, 0) is 23.6 Å². The summed E-state index contributed by atoms with van der Waals surface area (Å²) in [5.74, 6) is 0.387. The van der Waals surface area contributed by atoms with Crippen LogP contribution < -0.4 is 5.32 Å². The lowest BCUT2D eigenvalue weighted by Gasteiger charge is -2.27. The maximum Gasteiger partial charge on any atom is 0.226 e. The number of aromatic nitrogens is 1. The Hall–Kier alpha value is -1.90. The third kappa shape index (κ3) is 2.98. The number of hydrogen-bond acceptors (Lipinski definition) is 2. The van der Waals surface area contributed by atoms with E-state index in [0.717, 1.165) is 16.5 Å². The molecule has 2 aromatic rings. The summed E-state index contributed by atoms with van der Waals surface area (Å²) in [6.45, 7) is 8.61. The van der Waals surface area contributed by atoms with Gasteiger partial charge in [0.05, 0.1) is 5.52 Å². The smallest absolute Gasteiger partial charge is 0.226 e. The first kappa shape index (κ1) is 14.5. The minimum absolute atomic E-state index is 0.0839. The number of carbonyl (C=O) groups is 1. The highest BCUT2D eigenvalue weighted by Crippen LogP contribution is 2.26. The van der Waals surface area contributed by atoms with Gasteiger partial charge in [-0.2, -0.15) is 0 Å². The number of hydrogen-bond donors (Lipinski definition) is 1. The number of fused-ring (bicyclic) bond motifs is 1. The van der Waals surface area contributed by atoms with Crippen LogP contribution in [0.3, 0.4) is 0 Å². The third-order valence-corrected chi connectivity index (χ3v) is 4.13. The summed E-state index contributed by atoms with van der Waals surface area (Å²) in [7, 11) is 0. The Morgan fingerprint density at radius 1 is 1.30 bits per heavy atom. The molecule has 0 aliphatic heterocycles. The maximum atomic E-state index is 12.2. The molecule has 106 valence electrons. The van der Waals surface area contributed by atoms with Crippen molar-refractivity contribution in [2.75, 3.05) is 0 Å². The molecule has 1 aromatic carbocycles. The molecule has 0 aliphatic carbocycles. The van der Waals surface area contributed by atoms with E-state index in [9.17, 15) is 4.79 Å². The normalized spacial score (nSPS) is 11.8. The van der Waals surface area contributed by atoms with Crippen molar-refractivity contribution in [3.05, 3.63) is 42.1 Å². The molecule has 20 heavy (non-hydrogen) atoms. The largest absolute Gasteiger partial charge is 0.351 e. The SMILES string of the molecule is CC(C)C(C)(C)C(=O)NCc1cnc2ccccc2c1. The molecule has 0 fully saturated rings. The van der Waals surface area contributed by atoms with Crippen LogP contribution in [0, 0.1) is 11.3 Å². The molecule has 3 nitrogen and oxygen atoms in total. The Morgan fingerprint density at radius 3 is 2.70 bits per heavy atom. The molecule has 1 N–H and O–H groups in total. The Balaban J connectivity index is 2.08. The van der Waals surface area contributed by atoms with Gasteiger partial charge >= 0.3 is 0 Å². The number of benzene rings is 1. The summed E-state index contributed by atoms with van der Waals surface area (Å²) in [5, 5.41) is 4.11. The molecule has 1 aromatic heterocycles. The fourth-order valence-electron chi connectivity index (χ4n) is 1.89. The maximum absolute atomic E-state index is 12.2. The predicted molar refractivity (Wildman–Crippen MR) is 82.2 cm³/mol. The van der Waals surface area contributed by atoms with E-state index in [1.54, 1.807) is 0 Å². The summed E-state index contributed by atoms with van der Waals surface area (Å²) in [6, 6.07) is 10.1. The summed E-state index contributed by atoms with van der Waals surface area (Å²) >= 11 is 0. The van der Waals surface area contributed by atoms with Gasteiger partial charge in [0.15, 0.2) is 0 Å². The van der Waals surface area contributed by atoms with Gasteiger partial charge in [-0.15, -0.1) is 0 Å². The first-order valence-corrected chi connectivity index (χ1v) is 7.03. The molecular formula is C17H22N2O. The average molecular weight is 270 g/mol. The zero-order valence-electron chi connectivity index (χ0n) is 12.6. The zero-order chi connectivity index (χ0) is 14.8. The monoisotopic (exact) mass is 270 g/mol. The molecular weight excluding hydrogens is 248 g/mol. The minimum Gasteiger partial charge on any atom is -0.351 e. The van der Waals surface area contributed by atoms with Gasteiger partial charge in [0.1, 0.15) is 0 Å². The van der Waals surface area contributed by atoms with Gasteiger partial charge in [0.2, 0.25) is 5.91 Å². The molecule has 0 radical (unpaired) electrons. The van der Waals surface area contributed by atoms with E-state index in [-0.39, 0.29) is 11.3 Å². The van der Waals surface area contributed by atoms with Crippen molar-refractivity contribution < 1.29 is 4.79 Å². The molecule has 0 bridgehead atoms. The van der Waals surface area contributed by atoms with Crippen LogP contribution in [0.5, 0.6) is 0 Å². The number of para-hydroxylation sites is 1. The van der Waals surface area contributed by atoms with E-state index < -0.39 is 0 Å². The molecule has 0 unspecified atom stereocenters. The second-order valence-corrected chi connectivity index (χ2v) is 6.10. The number of pyridine rings is 1. The Kier molecular flexibility index (Phi) is 4.07. The molecule has 0 aliphatic rings. The number of nitrogens with zero attached hydrogens (tertiary/aromatic N) is 1. The molecule has 0 saturated carbocycles. The molecule has 1 heterocycles. The van der Waals surface area contributed by atoms with Gasteiger partial charge in [-0.1, -0.05) is 45.9 Å². The quantitative estimate of drug-likeness (QED) is 0.923. The fraction of sp³-hybridized carbons (Fsp3) is 0.412. The van der Waals surface area contributed by atoms with Crippen LogP contribution in [0.1, 0.15) is 33.3 Å². The summed E-state index contributed by atoms with van der Waals surface area (Å²) < 4.78 is 0. The van der Waals surface area contributed by atoms with Crippen molar-refractivity contribution in [2.45, 2.75) is 34.2 Å². The van der Waals surface area contributed by atoms with Crippen LogP contribution in [0.15, 0.2) is 36.5 Å². The van der Waals surface area contributed by atoms with Gasteiger partial charge < -0.3 is 5.32 Å².